The molecule has 0 unspecified atom stereocenters. The number of benzene rings is 1. The van der Waals surface area contributed by atoms with Crippen LogP contribution in [0, 0.1) is 0 Å². The zero-order valence-electron chi connectivity index (χ0n) is 7.35. The minimum absolute atomic E-state index is 0.0961. The van der Waals surface area contributed by atoms with Crippen molar-refractivity contribution in [3.63, 3.8) is 0 Å². The normalized spacial score (nSPS) is 19.1. The van der Waals surface area contributed by atoms with E-state index in [9.17, 15) is 0 Å². The minimum Gasteiger partial charge on any atom is -0.492 e. The average molecular weight is 254 g/mol. The molecular formula is C9H8BrN3O. The lowest BCUT2D eigenvalue weighted by molar-refractivity contribution is 0.267. The lowest BCUT2D eigenvalue weighted by Crippen LogP contribution is -2.12. The maximum Gasteiger partial charge on any atom is 0.137 e. The third-order valence-electron chi connectivity index (χ3n) is 2.19. The summed E-state index contributed by atoms with van der Waals surface area (Å²) in [7, 11) is 0. The van der Waals surface area contributed by atoms with E-state index in [1.807, 2.05) is 18.2 Å². The summed E-state index contributed by atoms with van der Waals surface area (Å²) >= 11 is 3.40. The lowest BCUT2D eigenvalue weighted by atomic mass is 10.0. The molecule has 0 saturated carbocycles. The Bertz CT molecular complexity index is 401. The minimum atomic E-state index is -0.0961. The molecule has 0 saturated heterocycles. The summed E-state index contributed by atoms with van der Waals surface area (Å²) in [5.41, 5.74) is 9.38. The predicted octanol–water partition coefficient (Wildman–Crippen LogP) is 3.58. The standard InChI is InChI=1S/C9H8BrN3O/c10-7-3-1-2-6-8(12-13-11)4-5-14-9(6)7/h1-3,8H,4-5H2/t8-/m1/s1. The first-order chi connectivity index (χ1) is 6.83. The molecule has 0 fully saturated rings. The largest absolute Gasteiger partial charge is 0.492 e. The van der Waals surface area contributed by atoms with Crippen molar-refractivity contribution in [2.45, 2.75) is 12.5 Å². The number of para-hydroxylation sites is 1. The quantitative estimate of drug-likeness (QED) is 0.429. The van der Waals surface area contributed by atoms with E-state index in [4.69, 9.17) is 10.3 Å². The third kappa shape index (κ3) is 1.56. The van der Waals surface area contributed by atoms with Gasteiger partial charge >= 0.3 is 0 Å². The molecule has 0 N–H and O–H groups in total. The Morgan fingerprint density at radius 3 is 3.21 bits per heavy atom. The van der Waals surface area contributed by atoms with Crippen LogP contribution in [0.5, 0.6) is 5.75 Å². The van der Waals surface area contributed by atoms with Crippen LogP contribution in [0.2, 0.25) is 0 Å². The Morgan fingerprint density at radius 2 is 2.43 bits per heavy atom. The second kappa shape index (κ2) is 3.90. The molecule has 14 heavy (non-hydrogen) atoms. The summed E-state index contributed by atoms with van der Waals surface area (Å²) in [6, 6.07) is 5.66. The van der Waals surface area contributed by atoms with E-state index < -0.39 is 0 Å². The lowest BCUT2D eigenvalue weighted by Gasteiger charge is -2.23. The molecule has 1 aromatic carbocycles. The van der Waals surface area contributed by atoms with Crippen molar-refractivity contribution in [3.05, 3.63) is 38.7 Å². The number of hydrogen-bond acceptors (Lipinski definition) is 2. The van der Waals surface area contributed by atoms with E-state index in [1.165, 1.54) is 0 Å². The van der Waals surface area contributed by atoms with E-state index in [-0.39, 0.29) is 6.04 Å². The first-order valence-electron chi connectivity index (χ1n) is 4.28. The van der Waals surface area contributed by atoms with Gasteiger partial charge in [-0.2, -0.15) is 0 Å². The highest BCUT2D eigenvalue weighted by Gasteiger charge is 2.21. The summed E-state index contributed by atoms with van der Waals surface area (Å²) in [6.45, 7) is 0.597. The smallest absolute Gasteiger partial charge is 0.137 e. The van der Waals surface area contributed by atoms with Gasteiger partial charge in [-0.15, -0.1) is 0 Å². The maximum atomic E-state index is 8.42. The molecular weight excluding hydrogens is 246 g/mol. The van der Waals surface area contributed by atoms with Gasteiger partial charge in [0.15, 0.2) is 0 Å². The van der Waals surface area contributed by atoms with E-state index in [1.54, 1.807) is 0 Å². The van der Waals surface area contributed by atoms with Crippen molar-refractivity contribution in [2.24, 2.45) is 5.11 Å². The van der Waals surface area contributed by atoms with Crippen LogP contribution in [0.15, 0.2) is 27.8 Å². The fraction of sp³-hybridized carbons (Fsp3) is 0.333. The van der Waals surface area contributed by atoms with Crippen molar-refractivity contribution >= 4 is 15.9 Å². The topological polar surface area (TPSA) is 58.0 Å². The first-order valence-corrected chi connectivity index (χ1v) is 5.07. The fourth-order valence-electron chi connectivity index (χ4n) is 1.55. The van der Waals surface area contributed by atoms with Crippen molar-refractivity contribution in [3.8, 4) is 5.75 Å². The van der Waals surface area contributed by atoms with E-state index >= 15 is 0 Å². The average Bonchev–Trinajstić information content (AvgIpc) is 2.20. The summed E-state index contributed by atoms with van der Waals surface area (Å²) in [4.78, 5) is 2.84. The number of halogens is 1. The molecule has 0 bridgehead atoms. The molecule has 1 atom stereocenters. The van der Waals surface area contributed by atoms with Crippen LogP contribution in [0.4, 0.5) is 0 Å². The number of ether oxygens (including phenoxy) is 1. The number of hydrogen-bond donors (Lipinski definition) is 0. The van der Waals surface area contributed by atoms with Gasteiger partial charge in [-0.1, -0.05) is 17.2 Å². The SMILES string of the molecule is [N-]=[N+]=N[C@@H]1CCOc2c(Br)cccc21. The molecule has 72 valence electrons. The molecule has 1 aromatic rings. The summed E-state index contributed by atoms with van der Waals surface area (Å²) < 4.78 is 6.41. The van der Waals surface area contributed by atoms with Gasteiger partial charge in [-0.05, 0) is 33.9 Å². The fourth-order valence-corrected chi connectivity index (χ4v) is 2.05. The van der Waals surface area contributed by atoms with Crippen LogP contribution in [-0.4, -0.2) is 6.61 Å². The van der Waals surface area contributed by atoms with Crippen molar-refractivity contribution in [1.29, 1.82) is 0 Å². The molecule has 1 aliphatic rings. The molecule has 0 aromatic heterocycles. The molecule has 0 aliphatic carbocycles. The second-order valence-electron chi connectivity index (χ2n) is 3.02. The summed E-state index contributed by atoms with van der Waals surface area (Å²) in [6.07, 6.45) is 0.744. The first kappa shape index (κ1) is 9.37. The highest BCUT2D eigenvalue weighted by atomic mass is 79.9. The Balaban J connectivity index is 2.49. The van der Waals surface area contributed by atoms with E-state index in [0.29, 0.717) is 6.61 Å². The van der Waals surface area contributed by atoms with Crippen molar-refractivity contribution in [2.75, 3.05) is 6.61 Å². The van der Waals surface area contributed by atoms with Gasteiger partial charge in [0.1, 0.15) is 5.75 Å². The van der Waals surface area contributed by atoms with E-state index in [0.717, 1.165) is 22.2 Å². The molecule has 1 heterocycles. The molecule has 0 spiro atoms. The molecule has 0 amide bonds. The Hall–Kier alpha value is -1.19. The van der Waals surface area contributed by atoms with Crippen LogP contribution in [-0.2, 0) is 0 Å². The van der Waals surface area contributed by atoms with Gasteiger partial charge < -0.3 is 4.74 Å². The molecule has 4 nitrogen and oxygen atoms in total. The molecule has 5 heteroatoms. The van der Waals surface area contributed by atoms with Crippen LogP contribution >= 0.6 is 15.9 Å². The van der Waals surface area contributed by atoms with Gasteiger partial charge in [0.25, 0.3) is 0 Å². The third-order valence-corrected chi connectivity index (χ3v) is 2.81. The summed E-state index contributed by atoms with van der Waals surface area (Å²) in [5, 5.41) is 3.75. The van der Waals surface area contributed by atoms with Gasteiger partial charge in [-0.25, -0.2) is 0 Å². The van der Waals surface area contributed by atoms with Crippen molar-refractivity contribution in [1.82, 2.24) is 0 Å². The highest BCUT2D eigenvalue weighted by Crippen LogP contribution is 2.39. The predicted molar refractivity (Wildman–Crippen MR) is 56.1 cm³/mol. The van der Waals surface area contributed by atoms with Crippen molar-refractivity contribution < 1.29 is 4.74 Å². The van der Waals surface area contributed by atoms with Crippen LogP contribution in [0.3, 0.4) is 0 Å². The van der Waals surface area contributed by atoms with Crippen LogP contribution in [0.25, 0.3) is 10.4 Å². The van der Waals surface area contributed by atoms with Gasteiger partial charge in [0.2, 0.25) is 0 Å². The van der Waals surface area contributed by atoms with Gasteiger partial charge in [-0.3, -0.25) is 0 Å². The van der Waals surface area contributed by atoms with E-state index in [2.05, 4.69) is 26.0 Å². The zero-order valence-corrected chi connectivity index (χ0v) is 8.94. The highest BCUT2D eigenvalue weighted by molar-refractivity contribution is 9.10. The molecule has 2 rings (SSSR count). The number of azide groups is 1. The molecule has 0 radical (unpaired) electrons. The second-order valence-corrected chi connectivity index (χ2v) is 3.87. The van der Waals surface area contributed by atoms with Gasteiger partial charge in [0.05, 0.1) is 17.1 Å². The molecule has 1 aliphatic heterocycles. The zero-order chi connectivity index (χ0) is 9.97. The number of fused-ring (bicyclic) bond motifs is 1. The monoisotopic (exact) mass is 253 g/mol. The maximum absolute atomic E-state index is 8.42. The van der Waals surface area contributed by atoms with Gasteiger partial charge in [0, 0.05) is 10.5 Å². The Morgan fingerprint density at radius 1 is 1.57 bits per heavy atom. The van der Waals surface area contributed by atoms with Crippen LogP contribution in [0.1, 0.15) is 18.0 Å². The van der Waals surface area contributed by atoms with Crippen LogP contribution < -0.4 is 4.74 Å². The number of nitrogens with zero attached hydrogens (tertiary/aromatic N) is 3. The summed E-state index contributed by atoms with van der Waals surface area (Å²) in [5.74, 6) is 0.802. The Labute approximate surface area is 89.6 Å². The Kier molecular flexibility index (Phi) is 2.61. The number of rotatable bonds is 1.